The Kier molecular flexibility index (Phi) is 4.35. The van der Waals surface area contributed by atoms with Gasteiger partial charge >= 0.3 is 0 Å². The summed E-state index contributed by atoms with van der Waals surface area (Å²) in [5.74, 6) is 0. The molecule has 0 aliphatic heterocycles. The third-order valence-corrected chi connectivity index (χ3v) is 2.74. The van der Waals surface area contributed by atoms with Crippen LogP contribution in [0.4, 0.5) is 5.69 Å². The summed E-state index contributed by atoms with van der Waals surface area (Å²) < 4.78 is 8.85. The van der Waals surface area contributed by atoms with Crippen molar-refractivity contribution < 1.29 is 4.74 Å². The highest BCUT2D eigenvalue weighted by atomic mass is 16.5. The van der Waals surface area contributed by atoms with Gasteiger partial charge in [0, 0.05) is 26.0 Å². The molecule has 0 unspecified atom stereocenters. The Morgan fingerprint density at radius 1 is 1.39 bits per heavy atom. The highest BCUT2D eigenvalue weighted by molar-refractivity contribution is 5.38. The van der Waals surface area contributed by atoms with E-state index in [2.05, 4.69) is 22.4 Å². The van der Waals surface area contributed by atoms with Gasteiger partial charge in [-0.1, -0.05) is 0 Å². The van der Waals surface area contributed by atoms with E-state index in [1.54, 1.807) is 7.11 Å². The third kappa shape index (κ3) is 3.10. The molecule has 6 heteroatoms. The predicted molar refractivity (Wildman–Crippen MR) is 69.3 cm³/mol. The summed E-state index contributed by atoms with van der Waals surface area (Å²) in [6, 6.07) is 2.02. The minimum absolute atomic E-state index is 0.670. The molecule has 6 nitrogen and oxygen atoms in total. The Labute approximate surface area is 107 Å². The lowest BCUT2D eigenvalue weighted by atomic mass is 10.4. The number of methoxy groups -OCH3 is 1. The van der Waals surface area contributed by atoms with Crippen LogP contribution in [0.5, 0.6) is 0 Å². The zero-order valence-electron chi connectivity index (χ0n) is 10.8. The van der Waals surface area contributed by atoms with Crippen molar-refractivity contribution in [3.05, 3.63) is 30.4 Å². The van der Waals surface area contributed by atoms with Crippen LogP contribution in [0.3, 0.4) is 0 Å². The van der Waals surface area contributed by atoms with Crippen molar-refractivity contribution in [3.63, 3.8) is 0 Å². The van der Waals surface area contributed by atoms with Crippen molar-refractivity contribution in [2.45, 2.75) is 26.6 Å². The highest BCUT2D eigenvalue weighted by Gasteiger charge is 2.02. The molecule has 0 saturated heterocycles. The minimum Gasteiger partial charge on any atom is -0.383 e. The fourth-order valence-corrected chi connectivity index (χ4v) is 1.75. The second kappa shape index (κ2) is 6.20. The van der Waals surface area contributed by atoms with E-state index in [1.165, 1.54) is 5.69 Å². The van der Waals surface area contributed by atoms with E-state index in [9.17, 15) is 0 Å². The summed E-state index contributed by atoms with van der Waals surface area (Å²) in [4.78, 5) is 0. The molecule has 1 N–H and O–H groups in total. The molecule has 2 rings (SSSR count). The number of nitrogens with one attached hydrogen (secondary N) is 1. The Balaban J connectivity index is 1.88. The molecule has 18 heavy (non-hydrogen) atoms. The van der Waals surface area contributed by atoms with Crippen LogP contribution in [0, 0.1) is 0 Å². The zero-order chi connectivity index (χ0) is 12.8. The molecule has 0 aliphatic rings. The van der Waals surface area contributed by atoms with E-state index < -0.39 is 0 Å². The molecule has 98 valence electrons. The molecule has 2 aromatic heterocycles. The van der Waals surface area contributed by atoms with E-state index >= 15 is 0 Å². The number of rotatable bonds is 7. The van der Waals surface area contributed by atoms with Gasteiger partial charge in [-0.2, -0.15) is 10.2 Å². The second-order valence-electron chi connectivity index (χ2n) is 3.98. The standard InChI is InChI=1S/C12H19N5O/c1-3-17-12(4-5-14-17)9-13-11-8-15-16(10-11)6-7-18-2/h4-5,8,10,13H,3,6-7,9H2,1-2H3. The van der Waals surface area contributed by atoms with Gasteiger partial charge in [-0.3, -0.25) is 9.36 Å². The smallest absolute Gasteiger partial charge is 0.0729 e. The van der Waals surface area contributed by atoms with Crippen LogP contribution < -0.4 is 5.32 Å². The zero-order valence-corrected chi connectivity index (χ0v) is 10.8. The van der Waals surface area contributed by atoms with Gasteiger partial charge in [0.05, 0.1) is 37.3 Å². The average Bonchev–Trinajstić information content (AvgIpc) is 3.02. The summed E-state index contributed by atoms with van der Waals surface area (Å²) in [6.45, 7) is 5.16. The van der Waals surface area contributed by atoms with Gasteiger partial charge in [-0.25, -0.2) is 0 Å². The maximum Gasteiger partial charge on any atom is 0.0729 e. The van der Waals surface area contributed by atoms with E-state index in [1.807, 2.05) is 34.0 Å². The van der Waals surface area contributed by atoms with Crippen molar-refractivity contribution >= 4 is 5.69 Å². The van der Waals surface area contributed by atoms with Gasteiger partial charge in [-0.05, 0) is 13.0 Å². The van der Waals surface area contributed by atoms with Gasteiger partial charge in [0.1, 0.15) is 0 Å². The van der Waals surface area contributed by atoms with Crippen molar-refractivity contribution in [2.75, 3.05) is 19.0 Å². The summed E-state index contributed by atoms with van der Waals surface area (Å²) in [7, 11) is 1.69. The van der Waals surface area contributed by atoms with Gasteiger partial charge in [0.15, 0.2) is 0 Å². The normalized spacial score (nSPS) is 10.8. The molecule has 2 heterocycles. The van der Waals surface area contributed by atoms with Crippen molar-refractivity contribution in [1.29, 1.82) is 0 Å². The van der Waals surface area contributed by atoms with Crippen molar-refractivity contribution in [3.8, 4) is 0 Å². The molecular formula is C12H19N5O. The van der Waals surface area contributed by atoms with Gasteiger partial charge < -0.3 is 10.1 Å². The fraction of sp³-hybridized carbons (Fsp3) is 0.500. The molecule has 0 radical (unpaired) electrons. The monoisotopic (exact) mass is 249 g/mol. The molecule has 0 fully saturated rings. The molecule has 0 aromatic carbocycles. The third-order valence-electron chi connectivity index (χ3n) is 2.74. The number of aromatic nitrogens is 4. The molecule has 0 saturated carbocycles. The maximum absolute atomic E-state index is 5.01. The first-order valence-electron chi connectivity index (χ1n) is 6.09. The van der Waals surface area contributed by atoms with E-state index in [4.69, 9.17) is 4.74 Å². The van der Waals surface area contributed by atoms with Gasteiger partial charge in [0.25, 0.3) is 0 Å². The van der Waals surface area contributed by atoms with Crippen LogP contribution in [0.25, 0.3) is 0 Å². The second-order valence-corrected chi connectivity index (χ2v) is 3.98. The number of aryl methyl sites for hydroxylation is 1. The Morgan fingerprint density at radius 3 is 3.06 bits per heavy atom. The summed E-state index contributed by atoms with van der Waals surface area (Å²) >= 11 is 0. The first-order chi connectivity index (χ1) is 8.83. The Hall–Kier alpha value is -1.82. The van der Waals surface area contributed by atoms with Crippen LogP contribution in [-0.2, 0) is 24.4 Å². The lowest BCUT2D eigenvalue weighted by molar-refractivity contribution is 0.183. The lowest BCUT2D eigenvalue weighted by Gasteiger charge is -2.05. The van der Waals surface area contributed by atoms with Crippen LogP contribution >= 0.6 is 0 Å². The average molecular weight is 249 g/mol. The maximum atomic E-state index is 5.01. The van der Waals surface area contributed by atoms with Crippen LogP contribution in [0.15, 0.2) is 24.7 Å². The number of nitrogens with zero attached hydrogens (tertiary/aromatic N) is 4. The Bertz CT molecular complexity index is 476. The van der Waals surface area contributed by atoms with Crippen LogP contribution in [0.2, 0.25) is 0 Å². The SMILES string of the molecule is CCn1nccc1CNc1cnn(CCOC)c1. The largest absolute Gasteiger partial charge is 0.383 e. The molecule has 2 aromatic rings. The van der Waals surface area contributed by atoms with Gasteiger partial charge in [-0.15, -0.1) is 0 Å². The number of hydrogen-bond donors (Lipinski definition) is 1. The molecule has 0 aliphatic carbocycles. The van der Waals surface area contributed by atoms with E-state index in [0.717, 1.165) is 25.3 Å². The van der Waals surface area contributed by atoms with E-state index in [-0.39, 0.29) is 0 Å². The molecule has 0 spiro atoms. The van der Waals surface area contributed by atoms with Crippen LogP contribution in [-0.4, -0.2) is 33.3 Å². The minimum atomic E-state index is 0.670. The summed E-state index contributed by atoms with van der Waals surface area (Å²) in [6.07, 6.45) is 5.62. The Morgan fingerprint density at radius 2 is 2.28 bits per heavy atom. The first kappa shape index (κ1) is 12.6. The summed E-state index contributed by atoms with van der Waals surface area (Å²) in [5, 5.41) is 11.8. The highest BCUT2D eigenvalue weighted by Crippen LogP contribution is 2.08. The molecule has 0 bridgehead atoms. The van der Waals surface area contributed by atoms with E-state index in [0.29, 0.717) is 6.61 Å². The topological polar surface area (TPSA) is 56.9 Å². The number of ether oxygens (including phenoxy) is 1. The quantitative estimate of drug-likeness (QED) is 0.805. The number of anilines is 1. The molecule has 0 atom stereocenters. The van der Waals surface area contributed by atoms with Crippen molar-refractivity contribution in [2.24, 2.45) is 0 Å². The molecule has 0 amide bonds. The first-order valence-corrected chi connectivity index (χ1v) is 6.09. The number of hydrogen-bond acceptors (Lipinski definition) is 4. The lowest BCUT2D eigenvalue weighted by Crippen LogP contribution is -2.07. The summed E-state index contributed by atoms with van der Waals surface area (Å²) in [5.41, 5.74) is 2.18. The van der Waals surface area contributed by atoms with Crippen LogP contribution in [0.1, 0.15) is 12.6 Å². The fourth-order valence-electron chi connectivity index (χ4n) is 1.75. The molecular weight excluding hydrogens is 230 g/mol. The van der Waals surface area contributed by atoms with Gasteiger partial charge in [0.2, 0.25) is 0 Å². The van der Waals surface area contributed by atoms with Crippen molar-refractivity contribution in [1.82, 2.24) is 19.6 Å². The predicted octanol–water partition coefficient (Wildman–Crippen LogP) is 1.36.